The second-order valence-electron chi connectivity index (χ2n) is 6.32. The highest BCUT2D eigenvalue weighted by Crippen LogP contribution is 2.28. The summed E-state index contributed by atoms with van der Waals surface area (Å²) in [5, 5.41) is 0. The predicted molar refractivity (Wildman–Crippen MR) is 110 cm³/mol. The predicted octanol–water partition coefficient (Wildman–Crippen LogP) is 2.89. The number of esters is 2. The Kier molecular flexibility index (Phi) is 5.13. The van der Waals surface area contributed by atoms with Crippen LogP contribution in [0.1, 0.15) is 0 Å². The van der Waals surface area contributed by atoms with Crippen molar-refractivity contribution in [2.24, 2.45) is 0 Å². The van der Waals surface area contributed by atoms with Crippen LogP contribution in [-0.2, 0) is 19.1 Å². The van der Waals surface area contributed by atoms with Crippen LogP contribution in [0.4, 0.5) is 5.69 Å². The van der Waals surface area contributed by atoms with E-state index in [9.17, 15) is 9.59 Å². The van der Waals surface area contributed by atoms with E-state index < -0.39 is 11.9 Å². The normalized spacial score (nSPS) is 13.5. The first-order valence-corrected chi connectivity index (χ1v) is 9.07. The molecular formula is C22H18N4O4. The molecule has 0 unspecified atom stereocenters. The van der Waals surface area contributed by atoms with Crippen molar-refractivity contribution in [3.8, 4) is 11.3 Å². The average molecular weight is 402 g/mol. The number of carbonyl (C=O) groups excluding carboxylic acids is 2. The number of methoxy groups -OCH3 is 2. The number of rotatable bonds is 4. The van der Waals surface area contributed by atoms with Gasteiger partial charge in [0.2, 0.25) is 5.78 Å². The molecule has 0 N–H and O–H groups in total. The van der Waals surface area contributed by atoms with E-state index in [0.29, 0.717) is 11.5 Å². The van der Waals surface area contributed by atoms with Gasteiger partial charge < -0.3 is 14.4 Å². The number of anilines is 1. The number of hydrogen-bond donors (Lipinski definition) is 0. The van der Waals surface area contributed by atoms with Gasteiger partial charge in [-0.1, -0.05) is 18.2 Å². The van der Waals surface area contributed by atoms with Crippen molar-refractivity contribution in [2.45, 2.75) is 0 Å². The number of fused-ring (bicyclic) bond motifs is 1. The van der Waals surface area contributed by atoms with Crippen LogP contribution in [0.5, 0.6) is 0 Å². The summed E-state index contributed by atoms with van der Waals surface area (Å²) in [5.41, 5.74) is 2.50. The van der Waals surface area contributed by atoms with Gasteiger partial charge in [-0.2, -0.15) is 0 Å². The molecule has 1 aliphatic rings. The van der Waals surface area contributed by atoms with Gasteiger partial charge >= 0.3 is 11.9 Å². The molecule has 0 fully saturated rings. The zero-order chi connectivity index (χ0) is 21.1. The van der Waals surface area contributed by atoms with Crippen LogP contribution in [0.3, 0.4) is 0 Å². The fourth-order valence-corrected chi connectivity index (χ4v) is 3.13. The highest BCUT2D eigenvalue weighted by Gasteiger charge is 2.27. The number of nitrogens with zero attached hydrogens (tertiary/aromatic N) is 4. The number of carbonyl (C=O) groups is 2. The van der Waals surface area contributed by atoms with E-state index in [2.05, 4.69) is 9.97 Å². The van der Waals surface area contributed by atoms with Crippen LogP contribution in [0.15, 0.2) is 84.6 Å². The Morgan fingerprint density at radius 2 is 1.77 bits per heavy atom. The van der Waals surface area contributed by atoms with Gasteiger partial charge in [0.1, 0.15) is 5.70 Å². The molecule has 3 heterocycles. The Bertz CT molecular complexity index is 1170. The minimum Gasteiger partial charge on any atom is -0.465 e. The summed E-state index contributed by atoms with van der Waals surface area (Å²) < 4.78 is 11.6. The van der Waals surface area contributed by atoms with E-state index in [-0.39, 0.29) is 11.3 Å². The molecule has 0 radical (unpaired) electrons. The number of imidazole rings is 1. The number of hydrogen-bond acceptors (Lipinski definition) is 7. The van der Waals surface area contributed by atoms with Crippen molar-refractivity contribution in [1.29, 1.82) is 0 Å². The molecule has 1 aromatic carbocycles. The number of ether oxygens (including phenoxy) is 2. The van der Waals surface area contributed by atoms with Crippen molar-refractivity contribution in [1.82, 2.24) is 14.4 Å². The van der Waals surface area contributed by atoms with E-state index in [4.69, 9.17) is 9.47 Å². The molecule has 3 aromatic rings. The summed E-state index contributed by atoms with van der Waals surface area (Å²) in [6.07, 6.45) is 12.0. The maximum Gasteiger partial charge on any atom is 0.355 e. The first kappa shape index (κ1) is 19.1. The molecule has 0 saturated heterocycles. The summed E-state index contributed by atoms with van der Waals surface area (Å²) in [4.78, 5) is 35.1. The minimum absolute atomic E-state index is 0.0685. The lowest BCUT2D eigenvalue weighted by atomic mass is 10.1. The third-order valence-electron chi connectivity index (χ3n) is 4.57. The van der Waals surface area contributed by atoms with Crippen LogP contribution in [-0.4, -0.2) is 40.5 Å². The molecule has 0 bridgehead atoms. The van der Waals surface area contributed by atoms with Crippen molar-refractivity contribution >= 4 is 23.4 Å². The Morgan fingerprint density at radius 1 is 1.00 bits per heavy atom. The van der Waals surface area contributed by atoms with Gasteiger partial charge in [-0.3, -0.25) is 4.40 Å². The zero-order valence-electron chi connectivity index (χ0n) is 16.4. The van der Waals surface area contributed by atoms with Crippen LogP contribution < -0.4 is 4.90 Å². The van der Waals surface area contributed by atoms with Gasteiger partial charge in [-0.25, -0.2) is 19.6 Å². The standard InChI is InChI=1S/C22H18N4O4/c1-29-20(27)17-6-3-4-13-26(19(17)21(28)30-2)16-9-7-15(8-10-16)18-14-25-12-5-11-23-22(25)24-18/h3-14H,1-2H3. The molecule has 0 spiro atoms. The van der Waals surface area contributed by atoms with Crippen LogP contribution in [0.25, 0.3) is 17.0 Å². The van der Waals surface area contributed by atoms with Gasteiger partial charge in [-0.05, 0) is 30.4 Å². The quantitative estimate of drug-likeness (QED) is 0.620. The first-order chi connectivity index (χ1) is 14.6. The summed E-state index contributed by atoms with van der Waals surface area (Å²) in [6, 6.07) is 9.27. The summed E-state index contributed by atoms with van der Waals surface area (Å²) in [6.45, 7) is 0. The average Bonchev–Trinajstić information content (AvgIpc) is 3.10. The molecule has 0 atom stereocenters. The smallest absolute Gasteiger partial charge is 0.355 e. The molecular weight excluding hydrogens is 384 g/mol. The Balaban J connectivity index is 1.74. The number of benzene rings is 1. The fraction of sp³-hybridized carbons (Fsp3) is 0.0909. The van der Waals surface area contributed by atoms with Crippen molar-refractivity contribution < 1.29 is 19.1 Å². The van der Waals surface area contributed by atoms with Gasteiger partial charge in [0.15, 0.2) is 0 Å². The Hall–Kier alpha value is -4.20. The Morgan fingerprint density at radius 3 is 2.47 bits per heavy atom. The van der Waals surface area contributed by atoms with E-state index in [0.717, 1.165) is 11.3 Å². The SMILES string of the molecule is COC(=O)C1=C(C(=O)OC)N(c2ccc(-c3cn4cccnc4n3)cc2)C=CC=C1. The molecule has 8 nitrogen and oxygen atoms in total. The largest absolute Gasteiger partial charge is 0.465 e. The zero-order valence-corrected chi connectivity index (χ0v) is 16.4. The highest BCUT2D eigenvalue weighted by molar-refractivity contribution is 6.05. The van der Waals surface area contributed by atoms with E-state index >= 15 is 0 Å². The summed E-state index contributed by atoms with van der Waals surface area (Å²) in [7, 11) is 2.53. The van der Waals surface area contributed by atoms with Gasteiger partial charge in [0.05, 0.1) is 25.5 Å². The topological polar surface area (TPSA) is 86.0 Å². The lowest BCUT2D eigenvalue weighted by molar-refractivity contribution is -0.139. The van der Waals surface area contributed by atoms with E-state index in [1.54, 1.807) is 29.4 Å². The number of aromatic nitrogens is 3. The summed E-state index contributed by atoms with van der Waals surface area (Å²) in [5.74, 6) is -0.673. The minimum atomic E-state index is -0.651. The van der Waals surface area contributed by atoms with Gasteiger partial charge in [0.25, 0.3) is 0 Å². The molecule has 8 heteroatoms. The molecule has 4 rings (SSSR count). The third kappa shape index (κ3) is 3.46. The second-order valence-corrected chi connectivity index (χ2v) is 6.32. The molecule has 30 heavy (non-hydrogen) atoms. The molecule has 150 valence electrons. The maximum absolute atomic E-state index is 12.5. The Labute approximate surface area is 172 Å². The van der Waals surface area contributed by atoms with Crippen molar-refractivity contribution in [2.75, 3.05) is 19.1 Å². The molecule has 1 aliphatic heterocycles. The third-order valence-corrected chi connectivity index (χ3v) is 4.57. The molecule has 0 amide bonds. The van der Waals surface area contributed by atoms with Crippen molar-refractivity contribution in [3.63, 3.8) is 0 Å². The van der Waals surface area contributed by atoms with E-state index in [1.807, 2.05) is 47.1 Å². The van der Waals surface area contributed by atoms with Crippen LogP contribution >= 0.6 is 0 Å². The fourth-order valence-electron chi connectivity index (χ4n) is 3.13. The van der Waals surface area contributed by atoms with Crippen LogP contribution in [0, 0.1) is 0 Å². The maximum atomic E-state index is 12.5. The first-order valence-electron chi connectivity index (χ1n) is 9.07. The number of allylic oxidation sites excluding steroid dienone is 2. The van der Waals surface area contributed by atoms with Crippen molar-refractivity contribution in [3.05, 3.63) is 84.6 Å². The van der Waals surface area contributed by atoms with Gasteiger partial charge in [0, 0.05) is 36.0 Å². The van der Waals surface area contributed by atoms with Gasteiger partial charge in [-0.15, -0.1) is 0 Å². The molecule has 0 aliphatic carbocycles. The van der Waals surface area contributed by atoms with E-state index in [1.165, 1.54) is 20.3 Å². The second kappa shape index (κ2) is 8.04. The lowest BCUT2D eigenvalue weighted by Crippen LogP contribution is -2.26. The lowest BCUT2D eigenvalue weighted by Gasteiger charge is -2.23. The molecule has 2 aromatic heterocycles. The monoisotopic (exact) mass is 402 g/mol. The molecule has 0 saturated carbocycles. The summed E-state index contributed by atoms with van der Waals surface area (Å²) >= 11 is 0. The highest BCUT2D eigenvalue weighted by atomic mass is 16.5. The van der Waals surface area contributed by atoms with Crippen LogP contribution in [0.2, 0.25) is 0 Å².